The molecule has 0 aliphatic carbocycles. The van der Waals surface area contributed by atoms with E-state index in [0.717, 1.165) is 11.4 Å². The Morgan fingerprint density at radius 2 is 0.709 bits per heavy atom. The van der Waals surface area contributed by atoms with Gasteiger partial charge >= 0.3 is 614 Å². The van der Waals surface area contributed by atoms with Gasteiger partial charge in [-0.05, 0) is 0 Å². The predicted octanol–water partition coefficient (Wildman–Crippen LogP) is 23.0. The normalized spacial score (nSPS) is 13.3. The summed E-state index contributed by atoms with van der Waals surface area (Å²) in [5, 5.41) is 5.12. The number of anilines is 3. The van der Waals surface area contributed by atoms with E-state index in [1.807, 2.05) is 0 Å². The molecule has 0 unspecified atom stereocenters. The van der Waals surface area contributed by atoms with Crippen LogP contribution in [0.25, 0.3) is 111 Å². The molecule has 0 radical (unpaired) electrons. The molecule has 103 heavy (non-hydrogen) atoms. The molecular formula is C98H90BN3Se. The van der Waals surface area contributed by atoms with Gasteiger partial charge in [0.1, 0.15) is 0 Å². The monoisotopic (exact) mass is 1400 g/mol. The van der Waals surface area contributed by atoms with Crippen molar-refractivity contribution >= 4 is 108 Å². The van der Waals surface area contributed by atoms with Crippen LogP contribution in [0.1, 0.15) is 132 Å². The van der Waals surface area contributed by atoms with Crippen molar-refractivity contribution in [1.29, 1.82) is 0 Å². The topological polar surface area (TPSA) is 13.1 Å². The molecule has 0 saturated carbocycles. The van der Waals surface area contributed by atoms with E-state index in [9.17, 15) is 0 Å². The van der Waals surface area contributed by atoms with Crippen molar-refractivity contribution in [3.63, 3.8) is 0 Å². The first-order valence-electron chi connectivity index (χ1n) is 36.9. The van der Waals surface area contributed by atoms with E-state index >= 15 is 0 Å². The summed E-state index contributed by atoms with van der Waals surface area (Å²) in [7, 11) is 0. The molecule has 0 atom stereocenters. The van der Waals surface area contributed by atoms with Gasteiger partial charge in [-0.1, -0.05) is 6.07 Å². The molecule has 0 amide bonds. The summed E-state index contributed by atoms with van der Waals surface area (Å²) in [5.74, 6) is 0. The van der Waals surface area contributed by atoms with Crippen LogP contribution in [0.5, 0.6) is 0 Å². The molecule has 15 aromatic rings. The van der Waals surface area contributed by atoms with Crippen molar-refractivity contribution < 1.29 is 0 Å². The molecule has 2 aliphatic heterocycles. The van der Waals surface area contributed by atoms with Gasteiger partial charge in [0, 0.05) is 0 Å². The summed E-state index contributed by atoms with van der Waals surface area (Å²) in [6.07, 6.45) is 0. The molecule has 506 valence electrons. The van der Waals surface area contributed by atoms with Crippen LogP contribution in [0.2, 0.25) is 0 Å². The molecule has 17 rings (SSSR count). The van der Waals surface area contributed by atoms with Gasteiger partial charge < -0.3 is 0 Å². The van der Waals surface area contributed by atoms with Crippen molar-refractivity contribution in [2.24, 2.45) is 0 Å². The standard InChI is InChI=1S/C98H90BN3Se/c1-94(2,3)68-49-65(50-69(57-68)95(4,5)6)63-43-45-80-86(54-63)102(92-77(61-31-20-16-21-32-61)59-72(98(13,14)15)60-78(92)62-33-22-17-23-34-62)87-55-67(66-51-70(96(7,8)9)58-71(52-66)97(10,11)12)56-88-91(87)99(80)81-46-48-85-90(93(81)103-88)79-53-64(44-47-83(79)101(85)74-37-26-19-27-38-74)75-40-30-42-84-89(75)76-39-28-29-41-82(76)100(84)73-35-24-18-25-36-73/h16-60H,1-15H3. The summed E-state index contributed by atoms with van der Waals surface area (Å²) in [6, 6.07) is 106. The van der Waals surface area contributed by atoms with E-state index in [0.29, 0.717) is 0 Å². The maximum absolute atomic E-state index is 2.77. The number of rotatable bonds is 8. The molecule has 13 aromatic carbocycles. The van der Waals surface area contributed by atoms with E-state index in [2.05, 4.69) is 391 Å². The van der Waals surface area contributed by atoms with Gasteiger partial charge in [0.2, 0.25) is 0 Å². The van der Waals surface area contributed by atoms with E-state index in [4.69, 9.17) is 0 Å². The van der Waals surface area contributed by atoms with E-state index < -0.39 is 0 Å². The molecule has 0 N–H and O–H groups in total. The number of benzene rings is 13. The zero-order valence-electron chi connectivity index (χ0n) is 62.3. The van der Waals surface area contributed by atoms with Crippen molar-refractivity contribution in [3.8, 4) is 67.0 Å². The number of fused-ring (bicyclic) bond motifs is 11. The summed E-state index contributed by atoms with van der Waals surface area (Å²) in [4.78, 5) is 2.77. The maximum atomic E-state index is 2.77. The molecule has 2 aromatic heterocycles. The first-order valence-corrected chi connectivity index (χ1v) is 38.6. The third-order valence-electron chi connectivity index (χ3n) is 22.1. The minimum atomic E-state index is -0.199. The first-order chi connectivity index (χ1) is 49.2. The summed E-state index contributed by atoms with van der Waals surface area (Å²) >= 11 is -0.199. The quantitative estimate of drug-likeness (QED) is 0.138. The van der Waals surface area contributed by atoms with Crippen LogP contribution in [0.4, 0.5) is 17.1 Å². The Kier molecular flexibility index (Phi) is 15.6. The van der Waals surface area contributed by atoms with Crippen LogP contribution in [-0.4, -0.2) is 30.8 Å². The molecule has 4 heterocycles. The minimum absolute atomic E-state index is 0.0808. The average molecular weight is 1400 g/mol. The van der Waals surface area contributed by atoms with Crippen molar-refractivity contribution in [2.75, 3.05) is 4.90 Å². The number of aromatic nitrogens is 2. The second-order valence-corrected chi connectivity index (χ2v) is 36.4. The molecular weight excluding hydrogens is 1310 g/mol. The van der Waals surface area contributed by atoms with Gasteiger partial charge in [0.05, 0.1) is 0 Å². The number of hydrogen-bond acceptors (Lipinski definition) is 1. The number of nitrogens with zero attached hydrogens (tertiary/aromatic N) is 3. The van der Waals surface area contributed by atoms with Crippen LogP contribution in [0.3, 0.4) is 0 Å². The summed E-state index contributed by atoms with van der Waals surface area (Å²) in [6.45, 7) is 35.4. The zero-order valence-corrected chi connectivity index (χ0v) is 64.0. The van der Waals surface area contributed by atoms with E-state index in [-0.39, 0.29) is 48.7 Å². The first kappa shape index (κ1) is 66.1. The van der Waals surface area contributed by atoms with Crippen LogP contribution < -0.4 is 30.2 Å². The fourth-order valence-corrected chi connectivity index (χ4v) is 19.2. The van der Waals surface area contributed by atoms with Gasteiger partial charge in [-0.15, -0.1) is 0 Å². The fourth-order valence-electron chi connectivity index (χ4n) is 16.3. The van der Waals surface area contributed by atoms with Crippen LogP contribution >= 0.6 is 0 Å². The van der Waals surface area contributed by atoms with Gasteiger partial charge in [0.25, 0.3) is 0 Å². The Balaban J connectivity index is 1.01. The van der Waals surface area contributed by atoms with Crippen LogP contribution in [-0.2, 0) is 27.1 Å². The van der Waals surface area contributed by atoms with Gasteiger partial charge in [-0.3, -0.25) is 0 Å². The van der Waals surface area contributed by atoms with Gasteiger partial charge in [-0.2, -0.15) is 0 Å². The zero-order chi connectivity index (χ0) is 71.4. The Labute approximate surface area is 616 Å². The predicted molar refractivity (Wildman–Crippen MR) is 447 cm³/mol. The second-order valence-electron chi connectivity index (χ2n) is 34.2. The molecule has 0 bridgehead atoms. The van der Waals surface area contributed by atoms with Crippen molar-refractivity contribution in [3.05, 3.63) is 301 Å². The van der Waals surface area contributed by atoms with Gasteiger partial charge in [-0.25, -0.2) is 0 Å². The van der Waals surface area contributed by atoms with Gasteiger partial charge in [0.15, 0.2) is 0 Å². The molecule has 3 nitrogen and oxygen atoms in total. The fraction of sp³-hybridized carbons (Fsp3) is 0.204. The SMILES string of the molecule is CC(C)(C)c1cc(-c2ccc3c(c2)N(c2c(-c4ccccc4)cc(C(C)(C)C)cc2-c2ccccc2)c2cc(-c4cc(C(C)(C)C)cc(C(C)(C)C)c4)cc4c2B3c2ccc3c(c2[Se]4)c2cc(-c4cccc5c4c4ccccc4n5-c4ccccc4)ccc2n3-c2ccccc2)cc(C(C)(C)C)c1. The average Bonchev–Trinajstić information content (AvgIpc) is 1.65. The molecule has 0 fully saturated rings. The molecule has 0 spiro atoms. The summed E-state index contributed by atoms with van der Waals surface area (Å²) < 4.78 is 7.86. The molecule has 2 aliphatic rings. The van der Waals surface area contributed by atoms with E-state index in [1.54, 1.807) is 0 Å². The van der Waals surface area contributed by atoms with Crippen LogP contribution in [0.15, 0.2) is 273 Å². The van der Waals surface area contributed by atoms with Crippen LogP contribution in [0, 0.1) is 0 Å². The molecule has 0 saturated heterocycles. The summed E-state index contributed by atoms with van der Waals surface area (Å²) in [5.41, 5.74) is 33.2. The van der Waals surface area contributed by atoms with E-state index in [1.165, 1.54) is 169 Å². The second kappa shape index (κ2) is 24.2. The molecule has 5 heteroatoms. The number of hydrogen-bond donors (Lipinski definition) is 0. The van der Waals surface area contributed by atoms with Crippen molar-refractivity contribution in [1.82, 2.24) is 9.13 Å². The Hall–Kier alpha value is -10.2. The third kappa shape index (κ3) is 11.3. The Morgan fingerprint density at radius 1 is 0.282 bits per heavy atom. The Bertz CT molecular complexity index is 5770. The Morgan fingerprint density at radius 3 is 1.25 bits per heavy atom. The number of para-hydroxylation sites is 3. The third-order valence-corrected chi connectivity index (χ3v) is 24.6. The van der Waals surface area contributed by atoms with Crippen molar-refractivity contribution in [2.45, 2.75) is 131 Å².